The van der Waals surface area contributed by atoms with E-state index in [1.54, 1.807) is 18.6 Å². The Balaban J connectivity index is 1.91. The Kier molecular flexibility index (Phi) is 1.95. The molecule has 1 N–H and O–H groups in total. The van der Waals surface area contributed by atoms with E-state index in [-0.39, 0.29) is 23.9 Å². The van der Waals surface area contributed by atoms with Gasteiger partial charge in [0.25, 0.3) is 0 Å². The van der Waals surface area contributed by atoms with Crippen molar-refractivity contribution in [2.24, 2.45) is 5.92 Å². The van der Waals surface area contributed by atoms with Crippen molar-refractivity contribution in [2.45, 2.75) is 25.0 Å². The molecule has 4 rings (SSSR count). The van der Waals surface area contributed by atoms with Crippen LogP contribution in [0.3, 0.4) is 0 Å². The molecule has 3 atom stereocenters. The van der Waals surface area contributed by atoms with Gasteiger partial charge < -0.3 is 9.67 Å². The lowest BCUT2D eigenvalue weighted by Gasteiger charge is -2.38. The molecule has 18 heavy (non-hydrogen) atoms. The first-order valence-corrected chi connectivity index (χ1v) is 6.25. The highest BCUT2D eigenvalue weighted by atomic mass is 19.1. The van der Waals surface area contributed by atoms with Crippen LogP contribution in [0.15, 0.2) is 30.7 Å². The molecule has 2 aromatic rings. The minimum absolute atomic E-state index is 0.113. The average molecular weight is 244 g/mol. The first-order chi connectivity index (χ1) is 8.75. The Morgan fingerprint density at radius 1 is 1.33 bits per heavy atom. The maximum atomic E-state index is 13.4. The Hall–Kier alpha value is -1.68. The minimum atomic E-state index is -0.249. The number of hydrogen-bond acceptors (Lipinski definition) is 2. The van der Waals surface area contributed by atoms with Gasteiger partial charge in [0.05, 0.1) is 30.4 Å². The van der Waals surface area contributed by atoms with E-state index >= 15 is 0 Å². The van der Waals surface area contributed by atoms with Gasteiger partial charge in [0.1, 0.15) is 5.82 Å². The zero-order valence-corrected chi connectivity index (χ0v) is 9.75. The van der Waals surface area contributed by atoms with Crippen molar-refractivity contribution in [3.05, 3.63) is 42.1 Å². The van der Waals surface area contributed by atoms with E-state index in [9.17, 15) is 9.50 Å². The van der Waals surface area contributed by atoms with Gasteiger partial charge in [0, 0.05) is 11.5 Å². The number of rotatable bonds is 1. The summed E-state index contributed by atoms with van der Waals surface area (Å²) in [6, 6.07) is 5.01. The standard InChI is InChI=1S/C14H13FN2O/c15-8-1-2-9-11(5-8)12-6-16-7-17(12)14(9)10-3-4-13(10)18/h1-2,5-7,10,13-14,18H,3-4H2. The second kappa shape index (κ2) is 3.42. The fourth-order valence-electron chi connectivity index (χ4n) is 3.21. The van der Waals surface area contributed by atoms with Gasteiger partial charge in [-0.15, -0.1) is 0 Å². The van der Waals surface area contributed by atoms with E-state index in [4.69, 9.17) is 0 Å². The van der Waals surface area contributed by atoms with E-state index in [0.29, 0.717) is 0 Å². The summed E-state index contributed by atoms with van der Waals surface area (Å²) >= 11 is 0. The van der Waals surface area contributed by atoms with Crippen LogP contribution in [-0.4, -0.2) is 20.8 Å². The lowest BCUT2D eigenvalue weighted by molar-refractivity contribution is 0.00415. The third kappa shape index (κ3) is 1.18. The monoisotopic (exact) mass is 244 g/mol. The molecule has 1 aliphatic carbocycles. The van der Waals surface area contributed by atoms with Gasteiger partial charge in [0.2, 0.25) is 0 Å². The SMILES string of the molecule is OC1CCC1C1c2ccc(F)cc2-c2cncn21. The summed E-state index contributed by atoms with van der Waals surface area (Å²) in [4.78, 5) is 4.15. The summed E-state index contributed by atoms with van der Waals surface area (Å²) in [5, 5.41) is 9.90. The topological polar surface area (TPSA) is 38.1 Å². The van der Waals surface area contributed by atoms with E-state index in [2.05, 4.69) is 9.55 Å². The van der Waals surface area contributed by atoms with E-state index in [1.807, 2.05) is 6.07 Å². The van der Waals surface area contributed by atoms with Gasteiger partial charge >= 0.3 is 0 Å². The Morgan fingerprint density at radius 2 is 2.22 bits per heavy atom. The molecule has 0 amide bonds. The Bertz CT molecular complexity index is 622. The summed E-state index contributed by atoms with van der Waals surface area (Å²) in [6.45, 7) is 0. The lowest BCUT2D eigenvalue weighted by atomic mass is 9.74. The van der Waals surface area contributed by atoms with Crippen molar-refractivity contribution in [2.75, 3.05) is 0 Å². The van der Waals surface area contributed by atoms with Crippen LogP contribution >= 0.6 is 0 Å². The zero-order valence-electron chi connectivity index (χ0n) is 9.75. The zero-order chi connectivity index (χ0) is 12.3. The first-order valence-electron chi connectivity index (χ1n) is 6.25. The molecule has 2 aliphatic rings. The number of halogens is 1. The predicted molar refractivity (Wildman–Crippen MR) is 64.5 cm³/mol. The smallest absolute Gasteiger partial charge is 0.123 e. The fraction of sp³-hybridized carbons (Fsp3) is 0.357. The van der Waals surface area contributed by atoms with Crippen LogP contribution in [0, 0.1) is 11.7 Å². The predicted octanol–water partition coefficient (Wildman–Crippen LogP) is 2.36. The van der Waals surface area contributed by atoms with Crippen molar-refractivity contribution in [1.29, 1.82) is 0 Å². The van der Waals surface area contributed by atoms with Gasteiger partial charge in [-0.1, -0.05) is 6.07 Å². The maximum absolute atomic E-state index is 13.4. The number of aliphatic hydroxyl groups excluding tert-OH is 1. The molecule has 1 aromatic carbocycles. The second-order valence-corrected chi connectivity index (χ2v) is 5.17. The van der Waals surface area contributed by atoms with Gasteiger partial charge in [-0.2, -0.15) is 0 Å². The van der Waals surface area contributed by atoms with Crippen molar-refractivity contribution >= 4 is 0 Å². The molecular formula is C14H13FN2O. The molecule has 0 bridgehead atoms. The molecule has 1 saturated carbocycles. The lowest BCUT2D eigenvalue weighted by Crippen LogP contribution is -2.37. The van der Waals surface area contributed by atoms with Crippen molar-refractivity contribution in [3.8, 4) is 11.3 Å². The number of nitrogens with zero attached hydrogens (tertiary/aromatic N) is 2. The summed E-state index contributed by atoms with van der Waals surface area (Å²) in [5.41, 5.74) is 2.97. The quantitative estimate of drug-likeness (QED) is 0.836. The van der Waals surface area contributed by atoms with Crippen LogP contribution in [0.4, 0.5) is 4.39 Å². The van der Waals surface area contributed by atoms with Crippen LogP contribution < -0.4 is 0 Å². The Morgan fingerprint density at radius 3 is 2.94 bits per heavy atom. The van der Waals surface area contributed by atoms with E-state index < -0.39 is 0 Å². The molecule has 2 heterocycles. The van der Waals surface area contributed by atoms with Gasteiger partial charge in [-0.25, -0.2) is 9.37 Å². The van der Waals surface area contributed by atoms with Gasteiger partial charge in [-0.05, 0) is 30.5 Å². The summed E-state index contributed by atoms with van der Waals surface area (Å²) in [6.07, 6.45) is 5.18. The normalized spacial score (nSPS) is 28.7. The molecule has 0 radical (unpaired) electrons. The molecule has 4 heteroatoms. The highest BCUT2D eigenvalue weighted by Gasteiger charge is 2.42. The summed E-state index contributed by atoms with van der Waals surface area (Å²) < 4.78 is 15.5. The molecule has 3 unspecified atom stereocenters. The molecule has 1 fully saturated rings. The van der Waals surface area contributed by atoms with Crippen LogP contribution in [-0.2, 0) is 0 Å². The number of fused-ring (bicyclic) bond motifs is 3. The molecule has 0 spiro atoms. The van der Waals surface area contributed by atoms with E-state index in [1.165, 1.54) is 6.07 Å². The minimum Gasteiger partial charge on any atom is -0.393 e. The number of hydrogen-bond donors (Lipinski definition) is 1. The first kappa shape index (κ1) is 10.3. The number of benzene rings is 1. The number of aromatic nitrogens is 2. The van der Waals surface area contributed by atoms with Crippen LogP contribution in [0.1, 0.15) is 24.4 Å². The highest BCUT2D eigenvalue weighted by molar-refractivity contribution is 5.69. The highest BCUT2D eigenvalue weighted by Crippen LogP contribution is 2.48. The fourth-order valence-corrected chi connectivity index (χ4v) is 3.21. The number of imidazole rings is 1. The molecular weight excluding hydrogens is 231 g/mol. The third-order valence-electron chi connectivity index (χ3n) is 4.27. The van der Waals surface area contributed by atoms with Crippen LogP contribution in [0.25, 0.3) is 11.3 Å². The van der Waals surface area contributed by atoms with Crippen molar-refractivity contribution < 1.29 is 9.50 Å². The van der Waals surface area contributed by atoms with Gasteiger partial charge in [-0.3, -0.25) is 0 Å². The maximum Gasteiger partial charge on any atom is 0.123 e. The second-order valence-electron chi connectivity index (χ2n) is 5.17. The molecule has 1 aromatic heterocycles. The van der Waals surface area contributed by atoms with Gasteiger partial charge in [0.15, 0.2) is 0 Å². The third-order valence-corrected chi connectivity index (χ3v) is 4.27. The number of aliphatic hydroxyl groups is 1. The summed E-state index contributed by atoms with van der Waals surface area (Å²) in [5.74, 6) is 0.000897. The van der Waals surface area contributed by atoms with Crippen molar-refractivity contribution in [1.82, 2.24) is 9.55 Å². The summed E-state index contributed by atoms with van der Waals surface area (Å²) in [7, 11) is 0. The molecule has 0 saturated heterocycles. The van der Waals surface area contributed by atoms with Crippen molar-refractivity contribution in [3.63, 3.8) is 0 Å². The largest absolute Gasteiger partial charge is 0.393 e. The molecule has 3 nitrogen and oxygen atoms in total. The molecule has 1 aliphatic heterocycles. The van der Waals surface area contributed by atoms with E-state index in [0.717, 1.165) is 29.7 Å². The Labute approximate surface area is 104 Å². The average Bonchev–Trinajstić information content (AvgIpc) is 2.91. The van der Waals surface area contributed by atoms with Crippen LogP contribution in [0.2, 0.25) is 0 Å². The molecule has 92 valence electrons. The van der Waals surface area contributed by atoms with Crippen LogP contribution in [0.5, 0.6) is 0 Å².